The molecule has 0 aliphatic carbocycles. The van der Waals surface area contributed by atoms with Crippen molar-refractivity contribution in [2.45, 2.75) is 62.9 Å². The molecule has 0 amide bonds. The van der Waals surface area contributed by atoms with Crippen LogP contribution < -0.4 is 0 Å². The molecule has 4 N–H and O–H groups in total. The zero-order valence-corrected chi connectivity index (χ0v) is 14.4. The minimum Gasteiger partial charge on any atom is -0.386 e. The van der Waals surface area contributed by atoms with Gasteiger partial charge in [0.1, 0.15) is 6.10 Å². The number of aliphatic imine (C=N–C) groups is 1. The third-order valence-electron chi connectivity index (χ3n) is 4.53. The molecule has 11 nitrogen and oxygen atoms in total. The first kappa shape index (κ1) is 21.9. The van der Waals surface area contributed by atoms with Gasteiger partial charge in [0.05, 0.1) is 0 Å². The van der Waals surface area contributed by atoms with E-state index in [1.54, 1.807) is 0 Å². The molecule has 1 aliphatic heterocycles. The predicted octanol–water partition coefficient (Wildman–Crippen LogP) is -3.04. The Bertz CT molecular complexity index is 711. The molecule has 0 aromatic carbocycles. The molecule has 1 rings (SSSR count). The molecule has 1 saturated heterocycles. The average Bonchev–Trinajstić information content (AvgIpc) is 2.53. The lowest BCUT2D eigenvalue weighted by Gasteiger charge is -2.56. The van der Waals surface area contributed by atoms with Crippen LogP contribution in [-0.2, 0) is 28.7 Å². The summed E-state index contributed by atoms with van der Waals surface area (Å²) in [4.78, 5) is 62.3. The van der Waals surface area contributed by atoms with E-state index in [0.29, 0.717) is 20.8 Å². The lowest BCUT2D eigenvalue weighted by molar-refractivity contribution is -0.311. The van der Waals surface area contributed by atoms with Crippen molar-refractivity contribution in [1.29, 1.82) is 0 Å². The number of aliphatic hydroxyl groups is 4. The van der Waals surface area contributed by atoms with Crippen LogP contribution in [0.5, 0.6) is 0 Å². The van der Waals surface area contributed by atoms with E-state index in [4.69, 9.17) is 4.74 Å². The molecular formula is C15H19NO10. The number of carbonyl (C=O) groups excluding carboxylic acids is 5. The van der Waals surface area contributed by atoms with Crippen LogP contribution >= 0.6 is 0 Å². The highest BCUT2D eigenvalue weighted by Gasteiger charge is 2.79. The van der Waals surface area contributed by atoms with Crippen molar-refractivity contribution in [2.75, 3.05) is 0 Å². The molecule has 144 valence electrons. The van der Waals surface area contributed by atoms with Gasteiger partial charge in [0.15, 0.2) is 34.8 Å². The van der Waals surface area contributed by atoms with Crippen molar-refractivity contribution in [3.63, 3.8) is 0 Å². The number of isocyanates is 1. The summed E-state index contributed by atoms with van der Waals surface area (Å²) >= 11 is 0. The van der Waals surface area contributed by atoms with Gasteiger partial charge in [0.25, 0.3) is 0 Å². The monoisotopic (exact) mass is 373 g/mol. The molecule has 1 heterocycles. The number of nitrogens with zero attached hydrogens (tertiary/aromatic N) is 1. The molecule has 0 bridgehead atoms. The first-order chi connectivity index (χ1) is 11.7. The van der Waals surface area contributed by atoms with Gasteiger partial charge < -0.3 is 25.2 Å². The van der Waals surface area contributed by atoms with Gasteiger partial charge in [0, 0.05) is 0 Å². The number of hydrogen-bond donors (Lipinski definition) is 4. The van der Waals surface area contributed by atoms with Gasteiger partial charge in [-0.25, -0.2) is 4.79 Å². The molecule has 11 heteroatoms. The standard InChI is InChI=1S/C15H19NO10/c1-6(18)10(22)11-13(23,7(2)19)15(25,9(4)21)14(24,8(3)20)12(26-11)16-5-17/h6,11-12,18,23-25H,1-4H3/t6?,11-,12-,13-,14+,15+/m1/s1. The Balaban J connectivity index is 4.00. The van der Waals surface area contributed by atoms with E-state index in [1.807, 2.05) is 0 Å². The van der Waals surface area contributed by atoms with Crippen LogP contribution in [0.15, 0.2) is 4.99 Å². The lowest BCUT2D eigenvalue weighted by Crippen LogP contribution is -2.86. The first-order valence-electron chi connectivity index (χ1n) is 7.38. The average molecular weight is 373 g/mol. The molecule has 1 fully saturated rings. The van der Waals surface area contributed by atoms with Crippen molar-refractivity contribution in [3.8, 4) is 0 Å². The maximum atomic E-state index is 12.2. The van der Waals surface area contributed by atoms with Gasteiger partial charge in [0.2, 0.25) is 23.5 Å². The minimum atomic E-state index is -3.61. The minimum absolute atomic E-state index is 0.638. The molecule has 0 saturated carbocycles. The zero-order valence-electron chi connectivity index (χ0n) is 14.4. The highest BCUT2D eigenvalue weighted by Crippen LogP contribution is 2.47. The fraction of sp³-hybridized carbons (Fsp3) is 0.667. The number of carbonyl (C=O) groups is 4. The van der Waals surface area contributed by atoms with Crippen molar-refractivity contribution >= 4 is 29.2 Å². The van der Waals surface area contributed by atoms with Gasteiger partial charge in [-0.15, -0.1) is 0 Å². The largest absolute Gasteiger partial charge is 0.386 e. The smallest absolute Gasteiger partial charge is 0.237 e. The summed E-state index contributed by atoms with van der Waals surface area (Å²) in [5, 5.41) is 42.0. The molecular weight excluding hydrogens is 354 g/mol. The number of ether oxygens (including phenoxy) is 1. The number of rotatable bonds is 6. The van der Waals surface area contributed by atoms with Crippen LogP contribution in [0.3, 0.4) is 0 Å². The lowest BCUT2D eigenvalue weighted by atomic mass is 9.60. The van der Waals surface area contributed by atoms with Gasteiger partial charge in [-0.1, -0.05) is 0 Å². The molecule has 0 aromatic heterocycles. The maximum Gasteiger partial charge on any atom is 0.237 e. The normalized spacial score (nSPS) is 38.0. The van der Waals surface area contributed by atoms with Crippen LogP contribution in [0.2, 0.25) is 0 Å². The Hall–Kier alpha value is -2.14. The molecule has 6 atom stereocenters. The predicted molar refractivity (Wildman–Crippen MR) is 80.4 cm³/mol. The Labute approximate surface area is 147 Å². The molecule has 1 aliphatic rings. The van der Waals surface area contributed by atoms with E-state index in [-0.39, 0.29) is 0 Å². The van der Waals surface area contributed by atoms with Gasteiger partial charge in [-0.3, -0.25) is 19.2 Å². The quantitative estimate of drug-likeness (QED) is 0.275. The topological polar surface area (TPSA) is 188 Å². The van der Waals surface area contributed by atoms with Crippen LogP contribution in [0, 0.1) is 0 Å². The summed E-state index contributed by atoms with van der Waals surface area (Å²) in [6.07, 6.45) is -5.68. The van der Waals surface area contributed by atoms with E-state index < -0.39 is 58.4 Å². The summed E-state index contributed by atoms with van der Waals surface area (Å²) in [6, 6.07) is 0. The molecule has 0 aromatic rings. The third kappa shape index (κ3) is 2.57. The van der Waals surface area contributed by atoms with Crippen molar-refractivity contribution in [1.82, 2.24) is 0 Å². The first-order valence-corrected chi connectivity index (χ1v) is 7.38. The summed E-state index contributed by atoms with van der Waals surface area (Å²) < 4.78 is 4.96. The number of hydrogen-bond acceptors (Lipinski definition) is 11. The highest BCUT2D eigenvalue weighted by molar-refractivity contribution is 6.08. The Kier molecular flexibility index (Phi) is 5.79. The van der Waals surface area contributed by atoms with Crippen LogP contribution in [0.25, 0.3) is 0 Å². The van der Waals surface area contributed by atoms with Crippen molar-refractivity contribution < 1.29 is 49.1 Å². The van der Waals surface area contributed by atoms with E-state index in [1.165, 1.54) is 0 Å². The fourth-order valence-electron chi connectivity index (χ4n) is 3.05. The Morgan fingerprint density at radius 1 is 1.00 bits per heavy atom. The second kappa shape index (κ2) is 6.88. The van der Waals surface area contributed by atoms with Crippen molar-refractivity contribution in [2.24, 2.45) is 4.99 Å². The van der Waals surface area contributed by atoms with E-state index in [0.717, 1.165) is 13.0 Å². The van der Waals surface area contributed by atoms with E-state index in [9.17, 15) is 44.4 Å². The maximum absolute atomic E-state index is 12.2. The zero-order chi connectivity index (χ0) is 20.7. The summed E-state index contributed by atoms with van der Waals surface area (Å²) in [6.45, 7) is 2.94. The van der Waals surface area contributed by atoms with Crippen LogP contribution in [0.4, 0.5) is 0 Å². The SMILES string of the molecule is CC(=O)[C@]1(O)[C@@](O)(C(C)=O)[C@@H](C(=O)C(C)O)O[C@@H](N=C=O)[C@@]1(O)C(C)=O. The fourth-order valence-corrected chi connectivity index (χ4v) is 3.05. The molecule has 26 heavy (non-hydrogen) atoms. The molecule has 0 radical (unpaired) electrons. The van der Waals surface area contributed by atoms with Crippen molar-refractivity contribution in [3.05, 3.63) is 0 Å². The second-order valence-electron chi connectivity index (χ2n) is 6.08. The Morgan fingerprint density at radius 2 is 1.46 bits per heavy atom. The van der Waals surface area contributed by atoms with Gasteiger partial charge in [-0.05, 0) is 27.7 Å². The second-order valence-corrected chi connectivity index (χ2v) is 6.08. The van der Waals surface area contributed by atoms with Gasteiger partial charge >= 0.3 is 0 Å². The summed E-state index contributed by atoms with van der Waals surface area (Å²) in [7, 11) is 0. The van der Waals surface area contributed by atoms with E-state index in [2.05, 4.69) is 4.99 Å². The van der Waals surface area contributed by atoms with Crippen LogP contribution in [0.1, 0.15) is 27.7 Å². The summed E-state index contributed by atoms with van der Waals surface area (Å²) in [5.41, 5.74) is -10.5. The third-order valence-corrected chi connectivity index (χ3v) is 4.53. The highest BCUT2D eigenvalue weighted by atomic mass is 16.6. The molecule has 1 unspecified atom stereocenters. The van der Waals surface area contributed by atoms with E-state index >= 15 is 0 Å². The summed E-state index contributed by atoms with van der Waals surface area (Å²) in [5.74, 6) is -5.64. The van der Waals surface area contributed by atoms with Crippen LogP contribution in [-0.4, -0.2) is 84.9 Å². The Morgan fingerprint density at radius 3 is 1.77 bits per heavy atom. The number of ketones is 4. The molecule has 0 spiro atoms. The number of aliphatic hydroxyl groups excluding tert-OH is 1. The van der Waals surface area contributed by atoms with Gasteiger partial charge in [-0.2, -0.15) is 4.99 Å². The number of Topliss-reactive ketones (excluding diaryl/α,β-unsaturated/α-hetero) is 4.